The average Bonchev–Trinajstić information content (AvgIpc) is 2.81. The number of hydrogen-bond acceptors (Lipinski definition) is 4. The Kier molecular flexibility index (Phi) is 4.39. The number of aryl methyl sites for hydroxylation is 1. The maximum atomic E-state index is 11.2. The lowest BCUT2D eigenvalue weighted by Crippen LogP contribution is -2.16. The number of benzene rings is 1. The molecule has 0 saturated heterocycles. The molecule has 0 radical (unpaired) electrons. The summed E-state index contributed by atoms with van der Waals surface area (Å²) in [5.74, 6) is 1.76. The number of fused-ring (bicyclic) bond motifs is 1. The zero-order valence-electron chi connectivity index (χ0n) is 12.2. The van der Waals surface area contributed by atoms with E-state index < -0.39 is 0 Å². The molecule has 108 valence electrons. The van der Waals surface area contributed by atoms with Crippen molar-refractivity contribution in [3.63, 3.8) is 0 Å². The lowest BCUT2D eigenvalue weighted by molar-refractivity contribution is -0.117. The standard InChI is InChI=1S/C15H21N3O2/c1-4-12(16)15-17-13-9-11(20-3)5-6-14(13)18(15)8-7-10(2)19/h5-6,9,12H,4,7-8,16H2,1-3H3. The average molecular weight is 275 g/mol. The predicted molar refractivity (Wildman–Crippen MR) is 78.8 cm³/mol. The Labute approximate surface area is 118 Å². The second-order valence-electron chi connectivity index (χ2n) is 4.94. The van der Waals surface area contributed by atoms with Gasteiger partial charge in [0.1, 0.15) is 17.4 Å². The molecule has 0 aliphatic heterocycles. The topological polar surface area (TPSA) is 70.1 Å². The number of rotatable bonds is 6. The predicted octanol–water partition coefficient (Wildman–Crippen LogP) is 2.43. The molecule has 1 heterocycles. The van der Waals surface area contributed by atoms with Crippen molar-refractivity contribution in [2.75, 3.05) is 7.11 Å². The molecule has 5 nitrogen and oxygen atoms in total. The molecular weight excluding hydrogens is 254 g/mol. The minimum Gasteiger partial charge on any atom is -0.497 e. The third-order valence-electron chi connectivity index (χ3n) is 3.44. The number of nitrogens with two attached hydrogens (primary N) is 1. The third kappa shape index (κ3) is 2.82. The van der Waals surface area contributed by atoms with Gasteiger partial charge in [-0.25, -0.2) is 4.98 Å². The Morgan fingerprint density at radius 3 is 2.85 bits per heavy atom. The Hall–Kier alpha value is -1.88. The van der Waals surface area contributed by atoms with Gasteiger partial charge in [-0.3, -0.25) is 4.79 Å². The van der Waals surface area contributed by atoms with Gasteiger partial charge in [0.05, 0.1) is 24.2 Å². The summed E-state index contributed by atoms with van der Waals surface area (Å²) in [6.45, 7) is 4.24. The van der Waals surface area contributed by atoms with Crippen molar-refractivity contribution in [3.8, 4) is 5.75 Å². The van der Waals surface area contributed by atoms with Gasteiger partial charge in [-0.05, 0) is 25.5 Å². The highest BCUT2D eigenvalue weighted by atomic mass is 16.5. The summed E-state index contributed by atoms with van der Waals surface area (Å²) < 4.78 is 7.27. The number of ether oxygens (including phenoxy) is 1. The Balaban J connectivity index is 2.50. The van der Waals surface area contributed by atoms with E-state index >= 15 is 0 Å². The van der Waals surface area contributed by atoms with Crippen LogP contribution in [0.3, 0.4) is 0 Å². The number of aromatic nitrogens is 2. The first-order valence-electron chi connectivity index (χ1n) is 6.86. The van der Waals surface area contributed by atoms with Gasteiger partial charge in [-0.1, -0.05) is 6.92 Å². The first kappa shape index (κ1) is 14.5. The first-order chi connectivity index (χ1) is 9.56. The Bertz CT molecular complexity index is 619. The molecule has 1 atom stereocenters. The molecule has 2 aromatic rings. The molecule has 1 aromatic carbocycles. The fraction of sp³-hybridized carbons (Fsp3) is 0.467. The van der Waals surface area contributed by atoms with Gasteiger partial charge in [0.25, 0.3) is 0 Å². The van der Waals surface area contributed by atoms with Crippen LogP contribution in [0, 0.1) is 0 Å². The van der Waals surface area contributed by atoms with E-state index in [0.29, 0.717) is 13.0 Å². The summed E-state index contributed by atoms with van der Waals surface area (Å²) in [5, 5.41) is 0. The molecule has 5 heteroatoms. The van der Waals surface area contributed by atoms with E-state index in [4.69, 9.17) is 10.5 Å². The van der Waals surface area contributed by atoms with Crippen molar-refractivity contribution < 1.29 is 9.53 Å². The van der Waals surface area contributed by atoms with Gasteiger partial charge < -0.3 is 15.0 Å². The number of imidazole rings is 1. The quantitative estimate of drug-likeness (QED) is 0.879. The van der Waals surface area contributed by atoms with Crippen LogP contribution in [0.1, 0.15) is 38.6 Å². The number of ketones is 1. The first-order valence-corrected chi connectivity index (χ1v) is 6.86. The summed E-state index contributed by atoms with van der Waals surface area (Å²) in [7, 11) is 1.63. The number of carbonyl (C=O) groups excluding carboxylic acids is 1. The van der Waals surface area contributed by atoms with Crippen LogP contribution in [0.5, 0.6) is 5.75 Å². The van der Waals surface area contributed by atoms with Crippen LogP contribution < -0.4 is 10.5 Å². The van der Waals surface area contributed by atoms with Crippen LogP contribution >= 0.6 is 0 Å². The molecule has 0 saturated carbocycles. The van der Waals surface area contributed by atoms with Crippen molar-refractivity contribution in [3.05, 3.63) is 24.0 Å². The van der Waals surface area contributed by atoms with Gasteiger partial charge in [0.2, 0.25) is 0 Å². The Morgan fingerprint density at radius 1 is 1.50 bits per heavy atom. The summed E-state index contributed by atoms with van der Waals surface area (Å²) in [6, 6.07) is 5.63. The Morgan fingerprint density at radius 2 is 2.25 bits per heavy atom. The smallest absolute Gasteiger partial charge is 0.131 e. The van der Waals surface area contributed by atoms with Crippen molar-refractivity contribution in [2.45, 2.75) is 39.3 Å². The van der Waals surface area contributed by atoms with Gasteiger partial charge in [0, 0.05) is 19.0 Å². The van der Waals surface area contributed by atoms with Gasteiger partial charge in [-0.2, -0.15) is 0 Å². The van der Waals surface area contributed by atoms with Gasteiger partial charge in [-0.15, -0.1) is 0 Å². The maximum absolute atomic E-state index is 11.2. The van der Waals surface area contributed by atoms with E-state index in [1.807, 2.05) is 29.7 Å². The highest BCUT2D eigenvalue weighted by Gasteiger charge is 2.16. The van der Waals surface area contributed by atoms with E-state index in [9.17, 15) is 4.79 Å². The van der Waals surface area contributed by atoms with Crippen molar-refractivity contribution >= 4 is 16.8 Å². The molecule has 0 fully saturated rings. The molecule has 2 rings (SSSR count). The van der Waals surface area contributed by atoms with E-state index in [1.165, 1.54) is 0 Å². The molecule has 20 heavy (non-hydrogen) atoms. The summed E-state index contributed by atoms with van der Waals surface area (Å²) in [5.41, 5.74) is 7.98. The van der Waals surface area contributed by atoms with Crippen LogP contribution in [0.15, 0.2) is 18.2 Å². The minimum atomic E-state index is -0.125. The normalized spacial score (nSPS) is 12.6. The number of carbonyl (C=O) groups is 1. The summed E-state index contributed by atoms with van der Waals surface area (Å²) in [6.07, 6.45) is 1.29. The molecule has 1 aromatic heterocycles. The SMILES string of the molecule is CCC(N)c1nc2cc(OC)ccc2n1CCC(C)=O. The second kappa shape index (κ2) is 6.05. The number of hydrogen-bond donors (Lipinski definition) is 1. The highest BCUT2D eigenvalue weighted by molar-refractivity contribution is 5.79. The minimum absolute atomic E-state index is 0.125. The zero-order valence-corrected chi connectivity index (χ0v) is 12.2. The van der Waals surface area contributed by atoms with E-state index in [1.54, 1.807) is 14.0 Å². The molecule has 0 aliphatic carbocycles. The fourth-order valence-electron chi connectivity index (χ4n) is 2.23. The largest absolute Gasteiger partial charge is 0.497 e. The van der Waals surface area contributed by atoms with E-state index in [-0.39, 0.29) is 11.8 Å². The number of Topliss-reactive ketones (excluding diaryl/α,β-unsaturated/α-hetero) is 1. The molecule has 0 spiro atoms. The molecular formula is C15H21N3O2. The van der Waals surface area contributed by atoms with Crippen LogP contribution in [-0.2, 0) is 11.3 Å². The lowest BCUT2D eigenvalue weighted by Gasteiger charge is -2.12. The summed E-state index contributed by atoms with van der Waals surface area (Å²) >= 11 is 0. The van der Waals surface area contributed by atoms with Crippen molar-refractivity contribution in [1.29, 1.82) is 0 Å². The monoisotopic (exact) mass is 275 g/mol. The molecule has 0 bridgehead atoms. The maximum Gasteiger partial charge on any atom is 0.131 e. The molecule has 2 N–H and O–H groups in total. The van der Waals surface area contributed by atoms with E-state index in [0.717, 1.165) is 29.0 Å². The number of nitrogens with zero attached hydrogens (tertiary/aromatic N) is 2. The van der Waals surface area contributed by atoms with Crippen LogP contribution in [-0.4, -0.2) is 22.4 Å². The van der Waals surface area contributed by atoms with E-state index in [2.05, 4.69) is 4.98 Å². The molecule has 0 aliphatic rings. The van der Waals surface area contributed by atoms with Crippen LogP contribution in [0.2, 0.25) is 0 Å². The van der Waals surface area contributed by atoms with Crippen LogP contribution in [0.4, 0.5) is 0 Å². The van der Waals surface area contributed by atoms with Gasteiger partial charge in [0.15, 0.2) is 0 Å². The lowest BCUT2D eigenvalue weighted by atomic mass is 10.2. The van der Waals surface area contributed by atoms with Gasteiger partial charge >= 0.3 is 0 Å². The second-order valence-corrected chi connectivity index (χ2v) is 4.94. The molecule has 1 unspecified atom stereocenters. The summed E-state index contributed by atoms with van der Waals surface area (Å²) in [4.78, 5) is 15.9. The van der Waals surface area contributed by atoms with Crippen molar-refractivity contribution in [1.82, 2.24) is 9.55 Å². The third-order valence-corrected chi connectivity index (χ3v) is 3.44. The number of methoxy groups -OCH3 is 1. The fourth-order valence-corrected chi connectivity index (χ4v) is 2.23. The highest BCUT2D eigenvalue weighted by Crippen LogP contribution is 2.25. The van der Waals surface area contributed by atoms with Crippen molar-refractivity contribution in [2.24, 2.45) is 5.73 Å². The molecule has 0 amide bonds. The zero-order chi connectivity index (χ0) is 14.7. The van der Waals surface area contributed by atoms with Crippen LogP contribution in [0.25, 0.3) is 11.0 Å².